The van der Waals surface area contributed by atoms with Gasteiger partial charge < -0.3 is 4.74 Å². The summed E-state index contributed by atoms with van der Waals surface area (Å²) in [5.41, 5.74) is 1.51. The fourth-order valence-electron chi connectivity index (χ4n) is 1.75. The molecule has 0 aliphatic heterocycles. The Kier molecular flexibility index (Phi) is 5.45. The lowest BCUT2D eigenvalue weighted by atomic mass is 9.97. The molecule has 1 atom stereocenters. The smallest absolute Gasteiger partial charge is 0.406 e. The van der Waals surface area contributed by atoms with Crippen molar-refractivity contribution in [2.24, 2.45) is 0 Å². The van der Waals surface area contributed by atoms with Crippen molar-refractivity contribution < 1.29 is 17.9 Å². The molecule has 4 heteroatoms. The number of ether oxygens (including phenoxy) is 1. The SMILES string of the molecule is [CH2]C(C=C)c1cc(CCCC)cc(OC(F)(F)F)c1. The molecule has 0 fully saturated rings. The third-order valence-corrected chi connectivity index (χ3v) is 2.75. The summed E-state index contributed by atoms with van der Waals surface area (Å²) in [5, 5.41) is 0. The molecule has 0 saturated carbocycles. The summed E-state index contributed by atoms with van der Waals surface area (Å²) < 4.78 is 40.8. The number of halogens is 3. The highest BCUT2D eigenvalue weighted by Gasteiger charge is 2.31. The molecule has 0 N–H and O–H groups in total. The topological polar surface area (TPSA) is 9.23 Å². The highest BCUT2D eigenvalue weighted by Crippen LogP contribution is 2.28. The summed E-state index contributed by atoms with van der Waals surface area (Å²) >= 11 is 0. The number of rotatable bonds is 6. The minimum atomic E-state index is -4.68. The van der Waals surface area contributed by atoms with E-state index in [1.54, 1.807) is 6.08 Å². The number of benzene rings is 1. The zero-order valence-corrected chi connectivity index (χ0v) is 11.0. The van der Waals surface area contributed by atoms with Gasteiger partial charge >= 0.3 is 6.36 Å². The largest absolute Gasteiger partial charge is 0.573 e. The molecule has 0 bridgehead atoms. The molecule has 1 aromatic carbocycles. The van der Waals surface area contributed by atoms with Crippen LogP contribution < -0.4 is 4.74 Å². The van der Waals surface area contributed by atoms with Crippen LogP contribution in [0.5, 0.6) is 5.75 Å². The quantitative estimate of drug-likeness (QED) is 0.659. The summed E-state index contributed by atoms with van der Waals surface area (Å²) in [6.07, 6.45) is -0.454. The van der Waals surface area contributed by atoms with Gasteiger partial charge in [-0.25, -0.2) is 0 Å². The first kappa shape index (κ1) is 15.6. The number of aryl methyl sites for hydroxylation is 1. The number of hydrogen-bond acceptors (Lipinski definition) is 1. The summed E-state index contributed by atoms with van der Waals surface area (Å²) in [5.74, 6) is -0.441. The number of hydrogen-bond donors (Lipinski definition) is 0. The van der Waals surface area contributed by atoms with Gasteiger partial charge in [0.05, 0.1) is 0 Å². The lowest BCUT2D eigenvalue weighted by Crippen LogP contribution is -2.17. The van der Waals surface area contributed by atoms with Crippen molar-refractivity contribution in [3.63, 3.8) is 0 Å². The maximum Gasteiger partial charge on any atom is 0.573 e. The molecule has 0 spiro atoms. The lowest BCUT2D eigenvalue weighted by Gasteiger charge is -2.14. The van der Waals surface area contributed by atoms with Crippen LogP contribution >= 0.6 is 0 Å². The van der Waals surface area contributed by atoms with Gasteiger partial charge in [0, 0.05) is 5.92 Å². The average Bonchev–Trinajstić information content (AvgIpc) is 2.33. The van der Waals surface area contributed by atoms with Crippen molar-refractivity contribution in [3.05, 3.63) is 48.9 Å². The van der Waals surface area contributed by atoms with E-state index in [1.807, 2.05) is 13.0 Å². The third-order valence-electron chi connectivity index (χ3n) is 2.75. The molecule has 0 amide bonds. The van der Waals surface area contributed by atoms with Crippen molar-refractivity contribution in [1.82, 2.24) is 0 Å². The highest BCUT2D eigenvalue weighted by atomic mass is 19.4. The normalized spacial score (nSPS) is 13.1. The first-order valence-corrected chi connectivity index (χ1v) is 6.21. The summed E-state index contributed by atoms with van der Waals surface area (Å²) in [4.78, 5) is 0. The van der Waals surface area contributed by atoms with Gasteiger partial charge in [0.15, 0.2) is 0 Å². The molecular weight excluding hydrogens is 253 g/mol. The van der Waals surface area contributed by atoms with E-state index in [1.165, 1.54) is 12.1 Å². The third kappa shape index (κ3) is 5.37. The van der Waals surface area contributed by atoms with Crippen LogP contribution in [-0.2, 0) is 6.42 Å². The molecule has 1 unspecified atom stereocenters. The molecule has 0 aliphatic rings. The van der Waals surface area contributed by atoms with Gasteiger partial charge in [-0.1, -0.05) is 25.5 Å². The van der Waals surface area contributed by atoms with Gasteiger partial charge in [0.2, 0.25) is 0 Å². The molecule has 1 aromatic rings. The van der Waals surface area contributed by atoms with E-state index in [-0.39, 0.29) is 11.7 Å². The van der Waals surface area contributed by atoms with E-state index in [0.29, 0.717) is 5.56 Å². The fourth-order valence-corrected chi connectivity index (χ4v) is 1.75. The molecule has 0 aliphatic carbocycles. The second-order valence-corrected chi connectivity index (χ2v) is 4.40. The van der Waals surface area contributed by atoms with Crippen molar-refractivity contribution >= 4 is 0 Å². The Bertz CT molecular complexity index is 424. The van der Waals surface area contributed by atoms with Gasteiger partial charge in [-0.2, -0.15) is 0 Å². The van der Waals surface area contributed by atoms with Crippen LogP contribution in [0, 0.1) is 6.92 Å². The number of unbranched alkanes of at least 4 members (excludes halogenated alkanes) is 1. The Morgan fingerprint density at radius 2 is 2.00 bits per heavy atom. The zero-order valence-electron chi connectivity index (χ0n) is 11.0. The minimum absolute atomic E-state index is 0.188. The maximum absolute atomic E-state index is 12.3. The zero-order chi connectivity index (χ0) is 14.5. The summed E-state index contributed by atoms with van der Waals surface area (Å²) in [6.45, 7) is 9.47. The molecule has 0 saturated heterocycles. The van der Waals surface area contributed by atoms with E-state index in [2.05, 4.69) is 18.2 Å². The van der Waals surface area contributed by atoms with Crippen LogP contribution in [0.25, 0.3) is 0 Å². The Hall–Kier alpha value is -1.45. The molecule has 0 heterocycles. The maximum atomic E-state index is 12.3. The van der Waals surface area contributed by atoms with E-state index < -0.39 is 6.36 Å². The Morgan fingerprint density at radius 1 is 1.32 bits per heavy atom. The second-order valence-electron chi connectivity index (χ2n) is 4.40. The van der Waals surface area contributed by atoms with Gasteiger partial charge in [-0.05, 0) is 43.0 Å². The molecule has 1 rings (SSSR count). The molecule has 1 nitrogen and oxygen atoms in total. The van der Waals surface area contributed by atoms with Crippen molar-refractivity contribution in [3.8, 4) is 5.75 Å². The van der Waals surface area contributed by atoms with Gasteiger partial charge in [0.25, 0.3) is 0 Å². The Morgan fingerprint density at radius 3 is 2.53 bits per heavy atom. The molecular formula is C15H18F3O. The minimum Gasteiger partial charge on any atom is -0.406 e. The van der Waals surface area contributed by atoms with Crippen LogP contribution in [0.3, 0.4) is 0 Å². The predicted molar refractivity (Wildman–Crippen MR) is 70.0 cm³/mol. The highest BCUT2D eigenvalue weighted by molar-refractivity contribution is 5.38. The van der Waals surface area contributed by atoms with Crippen LogP contribution in [-0.4, -0.2) is 6.36 Å². The standard InChI is InChI=1S/C15H18F3O/c1-4-6-7-12-8-13(11(3)5-2)10-14(9-12)19-15(16,17)18/h5,8-11H,2-4,6-7H2,1H3. The number of allylic oxidation sites excluding steroid dienone is 1. The summed E-state index contributed by atoms with van der Waals surface area (Å²) in [6, 6.07) is 4.66. The van der Waals surface area contributed by atoms with Crippen LogP contribution in [0.4, 0.5) is 13.2 Å². The Balaban J connectivity index is 3.04. The van der Waals surface area contributed by atoms with Crippen molar-refractivity contribution in [2.45, 2.75) is 38.5 Å². The molecule has 0 aromatic heterocycles. The van der Waals surface area contributed by atoms with Crippen LogP contribution in [0.2, 0.25) is 0 Å². The average molecular weight is 271 g/mol. The molecule has 105 valence electrons. The summed E-state index contributed by atoms with van der Waals surface area (Å²) in [7, 11) is 0. The molecule has 1 radical (unpaired) electrons. The van der Waals surface area contributed by atoms with Gasteiger partial charge in [-0.15, -0.1) is 19.8 Å². The lowest BCUT2D eigenvalue weighted by molar-refractivity contribution is -0.274. The van der Waals surface area contributed by atoms with Gasteiger partial charge in [-0.3, -0.25) is 0 Å². The van der Waals surface area contributed by atoms with Crippen molar-refractivity contribution in [1.29, 1.82) is 0 Å². The first-order chi connectivity index (χ1) is 8.85. The van der Waals surface area contributed by atoms with E-state index >= 15 is 0 Å². The van der Waals surface area contributed by atoms with Crippen LogP contribution in [0.1, 0.15) is 36.8 Å². The van der Waals surface area contributed by atoms with Crippen LogP contribution in [0.15, 0.2) is 30.9 Å². The predicted octanol–water partition coefficient (Wildman–Crippen LogP) is 5.03. The van der Waals surface area contributed by atoms with Gasteiger partial charge in [0.1, 0.15) is 5.75 Å². The Labute approximate surface area is 112 Å². The number of alkyl halides is 3. The second kappa shape index (κ2) is 6.64. The first-order valence-electron chi connectivity index (χ1n) is 6.21. The van der Waals surface area contributed by atoms with Crippen molar-refractivity contribution in [2.75, 3.05) is 0 Å². The molecule has 19 heavy (non-hydrogen) atoms. The van der Waals surface area contributed by atoms with E-state index in [9.17, 15) is 13.2 Å². The monoisotopic (exact) mass is 271 g/mol. The van der Waals surface area contributed by atoms with E-state index in [0.717, 1.165) is 24.8 Å². The van der Waals surface area contributed by atoms with E-state index in [4.69, 9.17) is 0 Å². The fraction of sp³-hybridized carbons (Fsp3) is 0.400.